The van der Waals surface area contributed by atoms with Crippen molar-refractivity contribution in [2.75, 3.05) is 11.5 Å². The molecule has 0 aromatic heterocycles. The standard InChI is InChI=1S/C25H42N4O3S/c1-7-19(5)23(26-20(6)30)25(32)27-22-16-33-15-14-21(28-29-24(22)31)13-9-12-18(4)11-8-10-17(2)3/h10,12,14,19,22-23,28H,7-9,11,13,15-16H2,1-6H3,(H,26,30)(H,27,32)(H,29,31)/b18-12+,21-14-/t19-,22-,23?/m0/s1. The molecule has 0 saturated heterocycles. The van der Waals surface area contributed by atoms with Crippen LogP contribution in [0.25, 0.3) is 0 Å². The largest absolute Gasteiger partial charge is 0.344 e. The van der Waals surface area contributed by atoms with Crippen molar-refractivity contribution in [3.05, 3.63) is 35.1 Å². The second-order valence-electron chi connectivity index (χ2n) is 8.92. The molecule has 0 bridgehead atoms. The van der Waals surface area contributed by atoms with Crippen molar-refractivity contribution in [2.24, 2.45) is 5.92 Å². The van der Waals surface area contributed by atoms with E-state index in [2.05, 4.69) is 60.5 Å². The molecule has 0 aromatic carbocycles. The van der Waals surface area contributed by atoms with E-state index in [1.54, 1.807) is 11.8 Å². The molecule has 0 aliphatic carbocycles. The average Bonchev–Trinajstić information content (AvgIpc) is 2.83. The van der Waals surface area contributed by atoms with Gasteiger partial charge in [-0.15, -0.1) is 0 Å². The van der Waals surface area contributed by atoms with E-state index < -0.39 is 12.1 Å². The van der Waals surface area contributed by atoms with Gasteiger partial charge in [0.05, 0.1) is 0 Å². The van der Waals surface area contributed by atoms with Crippen molar-refractivity contribution in [3.8, 4) is 0 Å². The first kappa shape index (κ1) is 28.8. The molecule has 3 amide bonds. The molecule has 0 aromatic rings. The molecule has 1 heterocycles. The van der Waals surface area contributed by atoms with Crippen molar-refractivity contribution in [1.29, 1.82) is 0 Å². The lowest BCUT2D eigenvalue weighted by molar-refractivity contribution is -0.132. The first-order valence-electron chi connectivity index (χ1n) is 11.8. The molecule has 7 nitrogen and oxygen atoms in total. The zero-order valence-corrected chi connectivity index (χ0v) is 21.9. The lowest BCUT2D eigenvalue weighted by Gasteiger charge is -2.25. The predicted molar refractivity (Wildman–Crippen MR) is 137 cm³/mol. The van der Waals surface area contributed by atoms with Gasteiger partial charge < -0.3 is 16.1 Å². The van der Waals surface area contributed by atoms with Crippen molar-refractivity contribution in [1.82, 2.24) is 21.5 Å². The van der Waals surface area contributed by atoms with Gasteiger partial charge >= 0.3 is 0 Å². The SMILES string of the molecule is CC[C@H](C)C(NC(C)=O)C(=O)N[C@H]1CSC/C=C(/CC/C=C(\C)CCC=C(C)C)NNC1=O. The summed E-state index contributed by atoms with van der Waals surface area (Å²) >= 11 is 1.59. The molecule has 0 fully saturated rings. The molecular weight excluding hydrogens is 436 g/mol. The number of carbonyl (C=O) groups excluding carboxylic acids is 3. The number of hydrogen-bond donors (Lipinski definition) is 4. The van der Waals surface area contributed by atoms with Crippen molar-refractivity contribution in [3.63, 3.8) is 0 Å². The summed E-state index contributed by atoms with van der Waals surface area (Å²) in [6.45, 7) is 11.7. The Balaban J connectivity index is 2.62. The molecule has 33 heavy (non-hydrogen) atoms. The second-order valence-corrected chi connectivity index (χ2v) is 9.99. The molecule has 0 saturated carbocycles. The van der Waals surface area contributed by atoms with E-state index in [9.17, 15) is 14.4 Å². The summed E-state index contributed by atoms with van der Waals surface area (Å²) in [5.41, 5.74) is 9.44. The Labute approximate surface area is 203 Å². The van der Waals surface area contributed by atoms with Gasteiger partial charge in [0, 0.05) is 24.1 Å². The molecule has 0 spiro atoms. The van der Waals surface area contributed by atoms with Gasteiger partial charge in [-0.25, -0.2) is 0 Å². The van der Waals surface area contributed by atoms with Crippen LogP contribution in [0.1, 0.15) is 73.6 Å². The number of hydrogen-bond acceptors (Lipinski definition) is 5. The van der Waals surface area contributed by atoms with Gasteiger partial charge in [-0.3, -0.25) is 19.8 Å². The maximum atomic E-state index is 12.8. The summed E-state index contributed by atoms with van der Waals surface area (Å²) in [6, 6.07) is -1.34. The van der Waals surface area contributed by atoms with Gasteiger partial charge in [-0.05, 0) is 52.4 Å². The van der Waals surface area contributed by atoms with Crippen LogP contribution in [0, 0.1) is 5.92 Å². The lowest BCUT2D eigenvalue weighted by atomic mass is 9.98. The minimum absolute atomic E-state index is 0.0362. The molecule has 1 aliphatic heterocycles. The van der Waals surface area contributed by atoms with Crippen LogP contribution < -0.4 is 21.5 Å². The highest BCUT2D eigenvalue weighted by molar-refractivity contribution is 7.99. The number of nitrogens with one attached hydrogen (secondary N) is 4. The van der Waals surface area contributed by atoms with Crippen LogP contribution in [0.3, 0.4) is 0 Å². The summed E-state index contributed by atoms with van der Waals surface area (Å²) in [4.78, 5) is 37.0. The van der Waals surface area contributed by atoms with Crippen LogP contribution in [0.5, 0.6) is 0 Å². The predicted octanol–water partition coefficient (Wildman–Crippen LogP) is 3.75. The van der Waals surface area contributed by atoms with Crippen molar-refractivity contribution < 1.29 is 14.4 Å². The Kier molecular flexibility index (Phi) is 13.6. The van der Waals surface area contributed by atoms with Crippen molar-refractivity contribution >= 4 is 29.5 Å². The van der Waals surface area contributed by atoms with Crippen LogP contribution in [0.15, 0.2) is 35.1 Å². The molecule has 1 rings (SSSR count). The maximum absolute atomic E-state index is 12.8. The third-order valence-electron chi connectivity index (χ3n) is 5.56. The van der Waals surface area contributed by atoms with Crippen LogP contribution in [0.4, 0.5) is 0 Å². The lowest BCUT2D eigenvalue weighted by Crippen LogP contribution is -2.57. The fraction of sp³-hybridized carbons (Fsp3) is 0.640. The minimum atomic E-state index is -0.680. The van der Waals surface area contributed by atoms with E-state index in [1.807, 2.05) is 13.8 Å². The topological polar surface area (TPSA) is 99.3 Å². The minimum Gasteiger partial charge on any atom is -0.344 e. The van der Waals surface area contributed by atoms with E-state index in [0.29, 0.717) is 5.75 Å². The van der Waals surface area contributed by atoms with Crippen LogP contribution in [-0.4, -0.2) is 41.3 Å². The Morgan fingerprint density at radius 2 is 1.91 bits per heavy atom. The van der Waals surface area contributed by atoms with Crippen LogP contribution in [0.2, 0.25) is 0 Å². The summed E-state index contributed by atoms with van der Waals surface area (Å²) < 4.78 is 0. The normalized spacial score (nSPS) is 20.4. The zero-order valence-electron chi connectivity index (χ0n) is 21.0. The van der Waals surface area contributed by atoms with E-state index >= 15 is 0 Å². The van der Waals surface area contributed by atoms with Gasteiger partial charge in [-0.2, -0.15) is 11.8 Å². The Morgan fingerprint density at radius 1 is 1.18 bits per heavy atom. The molecule has 0 radical (unpaired) electrons. The van der Waals surface area contributed by atoms with Crippen LogP contribution >= 0.6 is 11.8 Å². The first-order chi connectivity index (χ1) is 15.6. The van der Waals surface area contributed by atoms with Crippen LogP contribution in [-0.2, 0) is 14.4 Å². The van der Waals surface area contributed by atoms with E-state index in [0.717, 1.165) is 43.6 Å². The smallest absolute Gasteiger partial charge is 0.261 e. The average molecular weight is 479 g/mol. The highest BCUT2D eigenvalue weighted by Crippen LogP contribution is 2.14. The fourth-order valence-corrected chi connectivity index (χ4v) is 4.25. The summed E-state index contributed by atoms with van der Waals surface area (Å²) in [5.74, 6) is 0.281. The quantitative estimate of drug-likeness (QED) is 0.339. The van der Waals surface area contributed by atoms with Crippen molar-refractivity contribution in [2.45, 2.75) is 85.7 Å². The van der Waals surface area contributed by atoms with Gasteiger partial charge in [0.25, 0.3) is 5.91 Å². The Morgan fingerprint density at radius 3 is 2.55 bits per heavy atom. The molecule has 186 valence electrons. The Hall–Kier alpha value is -2.22. The molecule has 1 aliphatic rings. The number of rotatable bonds is 11. The number of thioether (sulfide) groups is 1. The zero-order chi connectivity index (χ0) is 24.8. The number of carbonyl (C=O) groups is 3. The number of allylic oxidation sites excluding steroid dienone is 5. The van der Waals surface area contributed by atoms with Gasteiger partial charge in [0.15, 0.2) is 0 Å². The molecular formula is C25H42N4O3S. The summed E-state index contributed by atoms with van der Waals surface area (Å²) in [6.07, 6.45) is 11.1. The summed E-state index contributed by atoms with van der Waals surface area (Å²) in [7, 11) is 0. The van der Waals surface area contributed by atoms with E-state index in [-0.39, 0.29) is 23.6 Å². The molecule has 4 N–H and O–H groups in total. The molecule has 8 heteroatoms. The fourth-order valence-electron chi connectivity index (χ4n) is 3.32. The third-order valence-corrected chi connectivity index (χ3v) is 6.53. The van der Waals surface area contributed by atoms with Gasteiger partial charge in [0.1, 0.15) is 12.1 Å². The Bertz CT molecular complexity index is 757. The monoisotopic (exact) mass is 478 g/mol. The first-order valence-corrected chi connectivity index (χ1v) is 13.0. The molecule has 1 unspecified atom stereocenters. The number of hydrazine groups is 1. The number of amides is 3. The third kappa shape index (κ3) is 12.0. The summed E-state index contributed by atoms with van der Waals surface area (Å²) in [5, 5.41) is 5.53. The second kappa shape index (κ2) is 15.6. The maximum Gasteiger partial charge on any atom is 0.261 e. The highest BCUT2D eigenvalue weighted by atomic mass is 32.2. The van der Waals surface area contributed by atoms with E-state index in [4.69, 9.17) is 0 Å². The van der Waals surface area contributed by atoms with Gasteiger partial charge in [-0.1, -0.05) is 49.6 Å². The van der Waals surface area contributed by atoms with Gasteiger partial charge in [0.2, 0.25) is 11.8 Å². The van der Waals surface area contributed by atoms with E-state index in [1.165, 1.54) is 18.1 Å². The molecule has 3 atom stereocenters. The highest BCUT2D eigenvalue weighted by Gasteiger charge is 2.29.